The van der Waals surface area contributed by atoms with Crippen LogP contribution in [0, 0.1) is 24.1 Å². The number of para-hydroxylation sites is 1. The fourth-order valence-electron chi connectivity index (χ4n) is 2.24. The highest BCUT2D eigenvalue weighted by Crippen LogP contribution is 2.22. The molecule has 0 spiro atoms. The van der Waals surface area contributed by atoms with E-state index in [4.69, 9.17) is 5.26 Å². The fraction of sp³-hybridized carbons (Fsp3) is 0.235. The van der Waals surface area contributed by atoms with Gasteiger partial charge in [0.05, 0.1) is 11.6 Å². The van der Waals surface area contributed by atoms with E-state index in [1.807, 2.05) is 44.2 Å². The van der Waals surface area contributed by atoms with Gasteiger partial charge in [-0.05, 0) is 37.6 Å². The van der Waals surface area contributed by atoms with Crippen LogP contribution in [-0.4, -0.2) is 6.54 Å². The van der Waals surface area contributed by atoms with Crippen LogP contribution in [0.5, 0.6) is 0 Å². The summed E-state index contributed by atoms with van der Waals surface area (Å²) in [4.78, 5) is 2.12. The van der Waals surface area contributed by atoms with Crippen molar-refractivity contribution in [2.24, 2.45) is 0 Å². The topological polar surface area (TPSA) is 27.0 Å². The van der Waals surface area contributed by atoms with Crippen LogP contribution in [0.3, 0.4) is 0 Å². The van der Waals surface area contributed by atoms with Crippen molar-refractivity contribution < 1.29 is 4.39 Å². The summed E-state index contributed by atoms with van der Waals surface area (Å²) in [5.41, 5.74) is 3.24. The van der Waals surface area contributed by atoms with Crippen LogP contribution in [-0.2, 0) is 6.54 Å². The molecule has 0 N–H and O–H groups in total. The molecular weight excluding hydrogens is 251 g/mol. The molecule has 2 aromatic rings. The Morgan fingerprint density at radius 1 is 1.20 bits per heavy atom. The van der Waals surface area contributed by atoms with Crippen molar-refractivity contribution in [1.82, 2.24) is 0 Å². The van der Waals surface area contributed by atoms with Gasteiger partial charge in [0.2, 0.25) is 0 Å². The van der Waals surface area contributed by atoms with Crippen LogP contribution in [0.2, 0.25) is 0 Å². The highest BCUT2D eigenvalue weighted by atomic mass is 19.1. The summed E-state index contributed by atoms with van der Waals surface area (Å²) in [5.74, 6) is -0.323. The molecule has 0 saturated carbocycles. The summed E-state index contributed by atoms with van der Waals surface area (Å²) in [6.07, 6.45) is 0. The van der Waals surface area contributed by atoms with Crippen LogP contribution in [0.15, 0.2) is 42.5 Å². The van der Waals surface area contributed by atoms with E-state index in [0.29, 0.717) is 17.7 Å². The average Bonchev–Trinajstić information content (AvgIpc) is 2.47. The molecule has 0 saturated heterocycles. The van der Waals surface area contributed by atoms with Crippen molar-refractivity contribution in [3.05, 3.63) is 65.0 Å². The van der Waals surface area contributed by atoms with Gasteiger partial charge in [-0.3, -0.25) is 0 Å². The molecule has 2 nitrogen and oxygen atoms in total. The van der Waals surface area contributed by atoms with Gasteiger partial charge in [-0.1, -0.05) is 24.3 Å². The zero-order chi connectivity index (χ0) is 14.5. The second-order valence-corrected chi connectivity index (χ2v) is 4.72. The number of nitriles is 1. The zero-order valence-corrected chi connectivity index (χ0v) is 11.7. The monoisotopic (exact) mass is 268 g/mol. The molecule has 0 aromatic heterocycles. The maximum Gasteiger partial charge on any atom is 0.129 e. The van der Waals surface area contributed by atoms with Crippen LogP contribution in [0.25, 0.3) is 0 Å². The van der Waals surface area contributed by atoms with Gasteiger partial charge in [0.25, 0.3) is 0 Å². The molecular formula is C17H17FN2. The molecule has 20 heavy (non-hydrogen) atoms. The van der Waals surface area contributed by atoms with Crippen molar-refractivity contribution in [2.45, 2.75) is 20.4 Å². The second kappa shape index (κ2) is 6.21. The maximum atomic E-state index is 14.0. The van der Waals surface area contributed by atoms with Gasteiger partial charge in [0.1, 0.15) is 5.82 Å². The summed E-state index contributed by atoms with van der Waals surface area (Å²) in [5, 5.41) is 8.77. The number of halogens is 1. The van der Waals surface area contributed by atoms with E-state index in [2.05, 4.69) is 4.90 Å². The Kier molecular flexibility index (Phi) is 4.37. The fourth-order valence-corrected chi connectivity index (χ4v) is 2.24. The van der Waals surface area contributed by atoms with Gasteiger partial charge < -0.3 is 4.90 Å². The number of hydrogen-bond acceptors (Lipinski definition) is 2. The maximum absolute atomic E-state index is 14.0. The van der Waals surface area contributed by atoms with Crippen LogP contribution in [0.1, 0.15) is 23.6 Å². The summed E-state index contributed by atoms with van der Waals surface area (Å²) in [7, 11) is 0. The van der Waals surface area contributed by atoms with Crippen LogP contribution in [0.4, 0.5) is 10.1 Å². The summed E-state index contributed by atoms with van der Waals surface area (Å²) in [6.45, 7) is 5.39. The van der Waals surface area contributed by atoms with E-state index in [0.717, 1.165) is 12.2 Å². The zero-order valence-electron chi connectivity index (χ0n) is 11.7. The SMILES string of the molecule is CCN(Cc1ccc(C#N)cc1F)c1ccccc1C. The standard InChI is InChI=1S/C17H17FN2/c1-3-20(17-7-5-4-6-13(17)2)12-15-9-8-14(11-19)10-16(15)18/h4-10H,3,12H2,1-2H3. The van der Waals surface area contributed by atoms with Gasteiger partial charge in [-0.25, -0.2) is 4.39 Å². The molecule has 0 unspecified atom stereocenters. The summed E-state index contributed by atoms with van der Waals surface area (Å²) < 4.78 is 14.0. The van der Waals surface area contributed by atoms with Gasteiger partial charge in [0.15, 0.2) is 0 Å². The third kappa shape index (κ3) is 2.97. The third-order valence-corrected chi connectivity index (χ3v) is 3.38. The predicted molar refractivity (Wildman–Crippen MR) is 79.0 cm³/mol. The van der Waals surface area contributed by atoms with E-state index in [9.17, 15) is 4.39 Å². The average molecular weight is 268 g/mol. The van der Waals surface area contributed by atoms with E-state index in [-0.39, 0.29) is 5.82 Å². The van der Waals surface area contributed by atoms with Crippen molar-refractivity contribution in [1.29, 1.82) is 5.26 Å². The molecule has 0 atom stereocenters. The largest absolute Gasteiger partial charge is 0.367 e. The first-order valence-corrected chi connectivity index (χ1v) is 6.64. The number of rotatable bonds is 4. The molecule has 0 heterocycles. The highest BCUT2D eigenvalue weighted by molar-refractivity contribution is 5.53. The minimum Gasteiger partial charge on any atom is -0.367 e. The molecule has 0 bridgehead atoms. The smallest absolute Gasteiger partial charge is 0.129 e. The Labute approximate surface area is 119 Å². The van der Waals surface area contributed by atoms with Crippen molar-refractivity contribution >= 4 is 5.69 Å². The molecule has 2 aromatic carbocycles. The molecule has 3 heteroatoms. The lowest BCUT2D eigenvalue weighted by Gasteiger charge is -2.25. The lowest BCUT2D eigenvalue weighted by Crippen LogP contribution is -2.23. The first kappa shape index (κ1) is 14.1. The van der Waals surface area contributed by atoms with Crippen molar-refractivity contribution in [2.75, 3.05) is 11.4 Å². The lowest BCUT2D eigenvalue weighted by molar-refractivity contribution is 0.604. The Balaban J connectivity index is 2.28. The molecule has 0 radical (unpaired) electrons. The number of aryl methyl sites for hydroxylation is 1. The van der Waals surface area contributed by atoms with Gasteiger partial charge >= 0.3 is 0 Å². The molecule has 0 amide bonds. The Hall–Kier alpha value is -2.34. The first-order valence-electron chi connectivity index (χ1n) is 6.64. The van der Waals surface area contributed by atoms with E-state index >= 15 is 0 Å². The number of hydrogen-bond donors (Lipinski definition) is 0. The summed E-state index contributed by atoms with van der Waals surface area (Å²) in [6, 6.07) is 14.7. The Morgan fingerprint density at radius 3 is 2.55 bits per heavy atom. The third-order valence-electron chi connectivity index (χ3n) is 3.38. The van der Waals surface area contributed by atoms with Gasteiger partial charge in [0, 0.05) is 24.3 Å². The Morgan fingerprint density at radius 2 is 1.95 bits per heavy atom. The van der Waals surface area contributed by atoms with Crippen molar-refractivity contribution in [3.63, 3.8) is 0 Å². The van der Waals surface area contributed by atoms with Gasteiger partial charge in [-0.15, -0.1) is 0 Å². The van der Waals surface area contributed by atoms with Crippen LogP contribution < -0.4 is 4.90 Å². The predicted octanol–water partition coefficient (Wildman–Crippen LogP) is 4.03. The Bertz CT molecular complexity index is 644. The number of nitrogens with zero attached hydrogens (tertiary/aromatic N) is 2. The molecule has 102 valence electrons. The molecule has 0 fully saturated rings. The van der Waals surface area contributed by atoms with E-state index in [1.165, 1.54) is 11.6 Å². The van der Waals surface area contributed by atoms with E-state index < -0.39 is 0 Å². The number of benzene rings is 2. The van der Waals surface area contributed by atoms with Gasteiger partial charge in [-0.2, -0.15) is 5.26 Å². The molecule has 0 aliphatic heterocycles. The van der Waals surface area contributed by atoms with Crippen molar-refractivity contribution in [3.8, 4) is 6.07 Å². The quantitative estimate of drug-likeness (QED) is 0.837. The summed E-state index contributed by atoms with van der Waals surface area (Å²) >= 11 is 0. The number of anilines is 1. The minimum absolute atomic E-state index is 0.323. The minimum atomic E-state index is -0.323. The normalized spacial score (nSPS) is 10.1. The molecule has 2 rings (SSSR count). The first-order chi connectivity index (χ1) is 9.65. The van der Waals surface area contributed by atoms with E-state index in [1.54, 1.807) is 12.1 Å². The van der Waals surface area contributed by atoms with Crippen LogP contribution >= 0.6 is 0 Å². The highest BCUT2D eigenvalue weighted by Gasteiger charge is 2.11. The molecule has 0 aliphatic carbocycles. The second-order valence-electron chi connectivity index (χ2n) is 4.72. The lowest BCUT2D eigenvalue weighted by atomic mass is 10.1. The molecule has 0 aliphatic rings.